The molecule has 0 radical (unpaired) electrons. The van der Waals surface area contributed by atoms with Gasteiger partial charge in [0.05, 0.1) is 41.9 Å². The van der Waals surface area contributed by atoms with Crippen LogP contribution in [-0.2, 0) is 30.5 Å². The van der Waals surface area contributed by atoms with Gasteiger partial charge in [-0.25, -0.2) is 4.79 Å². The summed E-state index contributed by atoms with van der Waals surface area (Å²) < 4.78 is 55.1. The predicted octanol–water partition coefficient (Wildman–Crippen LogP) is 6.11. The highest BCUT2D eigenvalue weighted by molar-refractivity contribution is 5.97. The highest BCUT2D eigenvalue weighted by Gasteiger charge is 2.49. The highest BCUT2D eigenvalue weighted by Crippen LogP contribution is 2.44. The van der Waals surface area contributed by atoms with Gasteiger partial charge in [0.1, 0.15) is 19.0 Å². The number of hydrogen-bond donors (Lipinski definition) is 0. The number of likely N-dealkylation sites (N-methyl/N-ethyl adjacent to an activating group) is 1. The Kier molecular flexibility index (Phi) is 10.2. The van der Waals surface area contributed by atoms with Crippen molar-refractivity contribution >= 4 is 28.4 Å². The normalized spacial score (nSPS) is 20.2. The van der Waals surface area contributed by atoms with Crippen molar-refractivity contribution in [1.82, 2.24) is 24.7 Å². The van der Waals surface area contributed by atoms with E-state index in [9.17, 15) is 23.2 Å². The molecule has 1 aliphatic carbocycles. The van der Waals surface area contributed by atoms with Gasteiger partial charge in [-0.1, -0.05) is 54.6 Å². The highest BCUT2D eigenvalue weighted by atomic mass is 19.4. The molecule has 4 aliphatic rings. The number of halogens is 3. The van der Waals surface area contributed by atoms with Crippen LogP contribution >= 0.6 is 0 Å². The largest absolute Gasteiger partial charge is 0.461 e. The Morgan fingerprint density at radius 2 is 1.69 bits per heavy atom. The first-order valence-electron chi connectivity index (χ1n) is 19.0. The molecule has 0 bridgehead atoms. The van der Waals surface area contributed by atoms with Gasteiger partial charge in [0, 0.05) is 69.0 Å². The minimum atomic E-state index is -4.52. The molecule has 14 heteroatoms. The Balaban J connectivity index is 1.09. The lowest BCUT2D eigenvalue weighted by Crippen LogP contribution is -2.56. The third-order valence-electron chi connectivity index (χ3n) is 11.6. The van der Waals surface area contributed by atoms with E-state index >= 15 is 0 Å². The van der Waals surface area contributed by atoms with Crippen LogP contribution < -0.4 is 14.5 Å². The number of carbonyl (C=O) groups excluding carboxylic acids is 1. The predicted molar refractivity (Wildman–Crippen MR) is 202 cm³/mol. The standard InChI is InChI=1S/C41H45F3N8O3/c1-48-19-22-51(23-20-48)40(15-16-40)28-55-38-46-34-26-49(35-12-6-10-30-9-5-11-33(36(30)35)41(42,43)44)18-14-32(34)37(47-38)50-21-24-52(31(25-50)13-17-45)39(53)54-27-29-7-3-2-4-8-29/h2-12,31H,13-16,18-28H2,1H3/t31-/m0/s1. The molecule has 1 saturated carbocycles. The monoisotopic (exact) mass is 754 g/mol. The first-order valence-corrected chi connectivity index (χ1v) is 19.0. The number of benzene rings is 3. The molecule has 2 saturated heterocycles. The average molecular weight is 755 g/mol. The summed E-state index contributed by atoms with van der Waals surface area (Å²) in [6, 6.07) is 21.0. The Labute approximate surface area is 318 Å². The van der Waals surface area contributed by atoms with Gasteiger partial charge in [-0.3, -0.25) is 4.90 Å². The van der Waals surface area contributed by atoms with Crippen LogP contribution in [0.5, 0.6) is 6.01 Å². The van der Waals surface area contributed by atoms with E-state index < -0.39 is 23.9 Å². The number of aromatic nitrogens is 2. The molecule has 11 nitrogen and oxygen atoms in total. The van der Waals surface area contributed by atoms with E-state index in [1.165, 1.54) is 6.07 Å². The number of alkyl halides is 3. The molecule has 0 N–H and O–H groups in total. The van der Waals surface area contributed by atoms with Crippen molar-refractivity contribution in [3.63, 3.8) is 0 Å². The molecular weight excluding hydrogens is 709 g/mol. The van der Waals surface area contributed by atoms with Crippen molar-refractivity contribution < 1.29 is 27.4 Å². The number of nitrogens with zero attached hydrogens (tertiary/aromatic N) is 8. The van der Waals surface area contributed by atoms with E-state index in [0.717, 1.165) is 56.2 Å². The van der Waals surface area contributed by atoms with Crippen LogP contribution in [0.2, 0.25) is 0 Å². The lowest BCUT2D eigenvalue weighted by atomic mass is 9.98. The van der Waals surface area contributed by atoms with E-state index in [1.54, 1.807) is 29.2 Å². The van der Waals surface area contributed by atoms with Crippen LogP contribution in [0.15, 0.2) is 66.7 Å². The summed E-state index contributed by atoms with van der Waals surface area (Å²) in [4.78, 5) is 33.8. The van der Waals surface area contributed by atoms with Crippen LogP contribution in [0, 0.1) is 11.3 Å². The second-order valence-electron chi connectivity index (χ2n) is 15.1. The summed E-state index contributed by atoms with van der Waals surface area (Å²) in [7, 11) is 2.13. The van der Waals surface area contributed by atoms with Gasteiger partial charge < -0.3 is 29.1 Å². The number of anilines is 2. The van der Waals surface area contributed by atoms with E-state index in [2.05, 4.69) is 27.8 Å². The van der Waals surface area contributed by atoms with Crippen LogP contribution in [0.3, 0.4) is 0 Å². The summed E-state index contributed by atoms with van der Waals surface area (Å²) in [5.74, 6) is 0.679. The third kappa shape index (κ3) is 7.73. The molecular formula is C41H45F3N8O3. The van der Waals surface area contributed by atoms with E-state index in [4.69, 9.17) is 19.4 Å². The number of carbonyl (C=O) groups is 1. The zero-order valence-electron chi connectivity index (χ0n) is 31.0. The Morgan fingerprint density at radius 3 is 2.42 bits per heavy atom. The molecule has 1 amide bonds. The lowest BCUT2D eigenvalue weighted by Gasteiger charge is -2.42. The summed E-state index contributed by atoms with van der Waals surface area (Å²) in [5.41, 5.74) is 2.24. The molecule has 0 unspecified atom stereocenters. The molecule has 4 aromatic rings. The van der Waals surface area contributed by atoms with Gasteiger partial charge in [-0.2, -0.15) is 28.4 Å². The maximum atomic E-state index is 14.3. The van der Waals surface area contributed by atoms with Crippen LogP contribution in [0.1, 0.15) is 41.6 Å². The fraction of sp³-hybridized carbons (Fsp3) is 0.463. The SMILES string of the molecule is CN1CCN(C2(COc3nc4c(c(N5CCN(C(=O)OCc6ccccc6)[C@@H](CC#N)C5)n3)CCN(c3cccc5cccc(C(F)(F)F)c35)C4)CC2)CC1. The minimum Gasteiger partial charge on any atom is -0.461 e. The van der Waals surface area contributed by atoms with Gasteiger partial charge in [0.2, 0.25) is 0 Å². The zero-order valence-corrected chi connectivity index (χ0v) is 31.0. The minimum absolute atomic E-state index is 0.0622. The fourth-order valence-corrected chi connectivity index (χ4v) is 8.29. The summed E-state index contributed by atoms with van der Waals surface area (Å²) in [6.07, 6.45) is -2.33. The van der Waals surface area contributed by atoms with Gasteiger partial charge in [-0.15, -0.1) is 0 Å². The molecule has 288 valence electrons. The van der Waals surface area contributed by atoms with Crippen molar-refractivity contribution in [2.75, 3.05) is 75.8 Å². The molecule has 8 rings (SSSR count). The van der Waals surface area contributed by atoms with Crippen LogP contribution in [-0.4, -0.2) is 108 Å². The second-order valence-corrected chi connectivity index (χ2v) is 15.1. The van der Waals surface area contributed by atoms with Gasteiger partial charge >= 0.3 is 18.3 Å². The summed E-state index contributed by atoms with van der Waals surface area (Å²) in [5, 5.41) is 10.5. The summed E-state index contributed by atoms with van der Waals surface area (Å²) in [6.45, 7) is 6.34. The molecule has 3 fully saturated rings. The van der Waals surface area contributed by atoms with Crippen molar-refractivity contribution in [2.24, 2.45) is 0 Å². The van der Waals surface area contributed by atoms with Crippen molar-refractivity contribution in [2.45, 2.75) is 56.6 Å². The van der Waals surface area contributed by atoms with E-state index in [1.807, 2.05) is 35.2 Å². The first kappa shape index (κ1) is 36.8. The third-order valence-corrected chi connectivity index (χ3v) is 11.6. The number of ether oxygens (including phenoxy) is 2. The molecule has 1 atom stereocenters. The van der Waals surface area contributed by atoms with E-state index in [-0.39, 0.29) is 36.5 Å². The van der Waals surface area contributed by atoms with Crippen LogP contribution in [0.4, 0.5) is 29.5 Å². The lowest BCUT2D eigenvalue weighted by molar-refractivity contribution is -0.136. The summed E-state index contributed by atoms with van der Waals surface area (Å²) >= 11 is 0. The molecule has 0 spiro atoms. The van der Waals surface area contributed by atoms with Crippen LogP contribution in [0.25, 0.3) is 10.8 Å². The van der Waals surface area contributed by atoms with E-state index in [0.29, 0.717) is 61.8 Å². The second kappa shape index (κ2) is 15.2. The molecule has 3 aromatic carbocycles. The number of fused-ring (bicyclic) bond motifs is 2. The number of hydrogen-bond acceptors (Lipinski definition) is 10. The van der Waals surface area contributed by atoms with Gasteiger partial charge in [0.15, 0.2) is 0 Å². The first-order chi connectivity index (χ1) is 26.6. The number of amides is 1. The Hall–Kier alpha value is -5.13. The number of rotatable bonds is 9. The molecule has 1 aromatic heterocycles. The molecule has 3 aliphatic heterocycles. The van der Waals surface area contributed by atoms with Crippen molar-refractivity contribution in [1.29, 1.82) is 5.26 Å². The topological polar surface area (TPSA) is 101 Å². The fourth-order valence-electron chi connectivity index (χ4n) is 8.29. The Morgan fingerprint density at radius 1 is 0.927 bits per heavy atom. The Bertz CT molecular complexity index is 2060. The average Bonchev–Trinajstić information content (AvgIpc) is 3.99. The maximum absolute atomic E-state index is 14.3. The molecule has 55 heavy (non-hydrogen) atoms. The number of nitriles is 1. The zero-order chi connectivity index (χ0) is 38.2. The quantitative estimate of drug-likeness (QED) is 0.199. The van der Waals surface area contributed by atoms with Gasteiger partial charge in [-0.05, 0) is 49.4 Å². The molecule has 4 heterocycles. The smallest absolute Gasteiger partial charge is 0.417 e. The number of piperazine rings is 2. The van der Waals surface area contributed by atoms with Crippen molar-refractivity contribution in [3.8, 4) is 12.1 Å². The van der Waals surface area contributed by atoms with Crippen molar-refractivity contribution in [3.05, 3.63) is 89.1 Å². The maximum Gasteiger partial charge on any atom is 0.417 e. The van der Waals surface area contributed by atoms with Gasteiger partial charge in [0.25, 0.3) is 0 Å².